The van der Waals surface area contributed by atoms with Crippen molar-refractivity contribution in [3.8, 4) is 5.75 Å². The summed E-state index contributed by atoms with van der Waals surface area (Å²) in [6.07, 6.45) is 0. The van der Waals surface area contributed by atoms with Gasteiger partial charge in [0.15, 0.2) is 5.76 Å². The molecule has 0 aliphatic heterocycles. The summed E-state index contributed by atoms with van der Waals surface area (Å²) < 4.78 is 28.4. The van der Waals surface area contributed by atoms with Crippen LogP contribution in [0.15, 0.2) is 40.8 Å². The number of methoxy groups -OCH3 is 1. The lowest BCUT2D eigenvalue weighted by Gasteiger charge is -2.06. The number of carbonyl (C=O) groups excluding carboxylic acids is 1. The average molecular weight is 293 g/mol. The third kappa shape index (κ3) is 4.61. The Bertz CT molecular complexity index is 597. The molecule has 6 heteroatoms. The molecule has 0 saturated carbocycles. The van der Waals surface area contributed by atoms with Crippen molar-refractivity contribution in [1.29, 1.82) is 0 Å². The second kappa shape index (κ2) is 7.44. The first kappa shape index (κ1) is 15.1. The summed E-state index contributed by atoms with van der Waals surface area (Å²) in [5, 5.41) is 2.65. The molecule has 0 unspecified atom stereocenters. The van der Waals surface area contributed by atoms with Crippen LogP contribution in [0.1, 0.15) is 16.3 Å². The Kier molecular flexibility index (Phi) is 5.34. The molecule has 112 valence electrons. The Balaban J connectivity index is 1.73. The molecule has 0 bridgehead atoms. The first-order valence-electron chi connectivity index (χ1n) is 6.43. The van der Waals surface area contributed by atoms with Gasteiger partial charge in [-0.15, -0.1) is 0 Å². The van der Waals surface area contributed by atoms with Gasteiger partial charge in [0.2, 0.25) is 0 Å². The van der Waals surface area contributed by atoms with E-state index in [2.05, 4.69) is 5.32 Å². The number of furan rings is 1. The summed E-state index contributed by atoms with van der Waals surface area (Å²) in [6, 6.07) is 9.09. The molecule has 1 N–H and O–H groups in total. The van der Waals surface area contributed by atoms with Gasteiger partial charge in [0, 0.05) is 13.2 Å². The highest BCUT2D eigenvalue weighted by Crippen LogP contribution is 2.11. The zero-order valence-electron chi connectivity index (χ0n) is 11.6. The van der Waals surface area contributed by atoms with Gasteiger partial charge in [-0.1, -0.05) is 6.07 Å². The smallest absolute Gasteiger partial charge is 0.287 e. The fourth-order valence-corrected chi connectivity index (χ4v) is 1.70. The van der Waals surface area contributed by atoms with E-state index in [-0.39, 0.29) is 30.6 Å². The molecular weight excluding hydrogens is 277 g/mol. The SMILES string of the molecule is COCc1ccc(C(=O)NCCOc2cccc(F)c2)o1. The summed E-state index contributed by atoms with van der Waals surface area (Å²) >= 11 is 0. The first-order valence-corrected chi connectivity index (χ1v) is 6.43. The van der Waals surface area contributed by atoms with E-state index in [9.17, 15) is 9.18 Å². The van der Waals surface area contributed by atoms with Gasteiger partial charge in [0.1, 0.15) is 30.5 Å². The van der Waals surface area contributed by atoms with Crippen LogP contribution in [0.5, 0.6) is 5.75 Å². The highest BCUT2D eigenvalue weighted by atomic mass is 19.1. The molecule has 0 atom stereocenters. The van der Waals surface area contributed by atoms with E-state index in [0.29, 0.717) is 18.1 Å². The quantitative estimate of drug-likeness (QED) is 0.796. The molecular formula is C15H16FNO4. The predicted octanol–water partition coefficient (Wildman–Crippen LogP) is 2.37. The number of hydrogen-bond donors (Lipinski definition) is 1. The van der Waals surface area contributed by atoms with Crippen LogP contribution in [0.3, 0.4) is 0 Å². The highest BCUT2D eigenvalue weighted by Gasteiger charge is 2.10. The van der Waals surface area contributed by atoms with Crippen molar-refractivity contribution in [2.24, 2.45) is 0 Å². The van der Waals surface area contributed by atoms with E-state index in [4.69, 9.17) is 13.9 Å². The standard InChI is InChI=1S/C15H16FNO4/c1-19-10-13-5-6-14(21-13)15(18)17-7-8-20-12-4-2-3-11(16)9-12/h2-6,9H,7-8,10H2,1H3,(H,17,18). The van der Waals surface area contributed by atoms with Crippen molar-refractivity contribution in [2.75, 3.05) is 20.3 Å². The van der Waals surface area contributed by atoms with Crippen molar-refractivity contribution >= 4 is 5.91 Å². The highest BCUT2D eigenvalue weighted by molar-refractivity contribution is 5.91. The summed E-state index contributed by atoms with van der Waals surface area (Å²) in [4.78, 5) is 11.8. The Morgan fingerprint density at radius 1 is 1.33 bits per heavy atom. The summed E-state index contributed by atoms with van der Waals surface area (Å²) in [5.41, 5.74) is 0. The van der Waals surface area contributed by atoms with E-state index >= 15 is 0 Å². The third-order valence-corrected chi connectivity index (χ3v) is 2.62. The normalized spacial score (nSPS) is 10.4. The number of hydrogen-bond acceptors (Lipinski definition) is 4. The van der Waals surface area contributed by atoms with Gasteiger partial charge in [-0.05, 0) is 24.3 Å². The number of benzene rings is 1. The topological polar surface area (TPSA) is 60.7 Å². The van der Waals surface area contributed by atoms with Crippen molar-refractivity contribution in [3.05, 3.63) is 53.7 Å². The van der Waals surface area contributed by atoms with Gasteiger partial charge in [0.25, 0.3) is 5.91 Å². The number of carbonyl (C=O) groups is 1. The lowest BCUT2D eigenvalue weighted by atomic mass is 10.3. The van der Waals surface area contributed by atoms with Crippen molar-refractivity contribution in [3.63, 3.8) is 0 Å². The molecule has 5 nitrogen and oxygen atoms in total. The minimum atomic E-state index is -0.363. The fourth-order valence-electron chi connectivity index (χ4n) is 1.70. The van der Waals surface area contributed by atoms with Gasteiger partial charge in [-0.2, -0.15) is 0 Å². The van der Waals surface area contributed by atoms with E-state index in [0.717, 1.165) is 0 Å². The summed E-state index contributed by atoms with van der Waals surface area (Å²) in [7, 11) is 1.55. The van der Waals surface area contributed by atoms with Crippen LogP contribution in [0.25, 0.3) is 0 Å². The molecule has 1 amide bonds. The number of rotatable bonds is 7. The monoisotopic (exact) mass is 293 g/mol. The summed E-state index contributed by atoms with van der Waals surface area (Å²) in [5.74, 6) is 0.522. The Hall–Kier alpha value is -2.34. The minimum absolute atomic E-state index is 0.216. The largest absolute Gasteiger partial charge is 0.492 e. The molecule has 0 saturated heterocycles. The van der Waals surface area contributed by atoms with Gasteiger partial charge >= 0.3 is 0 Å². The molecule has 1 aromatic heterocycles. The van der Waals surface area contributed by atoms with E-state index in [1.807, 2.05) is 0 Å². The molecule has 1 aromatic carbocycles. The molecule has 0 aliphatic rings. The maximum absolute atomic E-state index is 12.9. The zero-order chi connectivity index (χ0) is 15.1. The van der Waals surface area contributed by atoms with Gasteiger partial charge in [-0.3, -0.25) is 4.79 Å². The lowest BCUT2D eigenvalue weighted by molar-refractivity contribution is 0.0910. The molecule has 21 heavy (non-hydrogen) atoms. The fraction of sp³-hybridized carbons (Fsp3) is 0.267. The molecule has 1 heterocycles. The second-order valence-electron chi connectivity index (χ2n) is 4.26. The van der Waals surface area contributed by atoms with Crippen LogP contribution in [-0.4, -0.2) is 26.2 Å². The maximum Gasteiger partial charge on any atom is 0.287 e. The molecule has 0 fully saturated rings. The molecule has 2 aromatic rings. The average Bonchev–Trinajstić information content (AvgIpc) is 2.93. The number of nitrogens with one attached hydrogen (secondary N) is 1. The Labute approximate surface area is 121 Å². The Morgan fingerprint density at radius 3 is 2.95 bits per heavy atom. The minimum Gasteiger partial charge on any atom is -0.492 e. The van der Waals surface area contributed by atoms with E-state index < -0.39 is 0 Å². The van der Waals surface area contributed by atoms with Crippen LogP contribution < -0.4 is 10.1 Å². The van der Waals surface area contributed by atoms with Gasteiger partial charge in [-0.25, -0.2) is 4.39 Å². The van der Waals surface area contributed by atoms with E-state index in [1.165, 1.54) is 12.1 Å². The van der Waals surface area contributed by atoms with Crippen LogP contribution in [0.2, 0.25) is 0 Å². The molecule has 2 rings (SSSR count). The van der Waals surface area contributed by atoms with Crippen molar-refractivity contribution < 1.29 is 23.1 Å². The molecule has 0 radical (unpaired) electrons. The molecule has 0 spiro atoms. The predicted molar refractivity (Wildman–Crippen MR) is 73.6 cm³/mol. The number of amides is 1. The van der Waals surface area contributed by atoms with Crippen molar-refractivity contribution in [1.82, 2.24) is 5.32 Å². The van der Waals surface area contributed by atoms with Gasteiger partial charge in [0.05, 0.1) is 6.54 Å². The lowest BCUT2D eigenvalue weighted by Crippen LogP contribution is -2.27. The van der Waals surface area contributed by atoms with Crippen LogP contribution in [0.4, 0.5) is 4.39 Å². The maximum atomic E-state index is 12.9. The van der Waals surface area contributed by atoms with Crippen LogP contribution in [-0.2, 0) is 11.3 Å². The zero-order valence-corrected chi connectivity index (χ0v) is 11.6. The summed E-state index contributed by atoms with van der Waals surface area (Å²) in [6.45, 7) is 0.840. The van der Waals surface area contributed by atoms with Gasteiger partial charge < -0.3 is 19.2 Å². The third-order valence-electron chi connectivity index (χ3n) is 2.62. The number of ether oxygens (including phenoxy) is 2. The number of halogens is 1. The van der Waals surface area contributed by atoms with Crippen molar-refractivity contribution in [2.45, 2.75) is 6.61 Å². The van der Waals surface area contributed by atoms with E-state index in [1.54, 1.807) is 31.4 Å². The van der Waals surface area contributed by atoms with Crippen LogP contribution in [0, 0.1) is 5.82 Å². The second-order valence-corrected chi connectivity index (χ2v) is 4.26. The Morgan fingerprint density at radius 2 is 2.19 bits per heavy atom. The van der Waals surface area contributed by atoms with Crippen LogP contribution >= 0.6 is 0 Å². The first-order chi connectivity index (χ1) is 10.2. The molecule has 0 aliphatic carbocycles.